The lowest BCUT2D eigenvalue weighted by Crippen LogP contribution is -2.67. The van der Waals surface area contributed by atoms with Crippen LogP contribution >= 0.6 is 0 Å². The van der Waals surface area contributed by atoms with Gasteiger partial charge in [0.05, 0.1) is 11.5 Å². The second-order valence-corrected chi connectivity index (χ2v) is 15.1. The van der Waals surface area contributed by atoms with E-state index in [1.165, 1.54) is 5.57 Å². The molecule has 0 spiro atoms. The van der Waals surface area contributed by atoms with Crippen LogP contribution in [0.5, 0.6) is 0 Å². The lowest BCUT2D eigenvalue weighted by molar-refractivity contribution is -0.203. The van der Waals surface area contributed by atoms with E-state index >= 15 is 0 Å². The van der Waals surface area contributed by atoms with Gasteiger partial charge in [0, 0.05) is 17.8 Å². The summed E-state index contributed by atoms with van der Waals surface area (Å²) in [4.78, 5) is 27.1. The highest BCUT2D eigenvalue weighted by atomic mass is 16.6. The van der Waals surface area contributed by atoms with Gasteiger partial charge in [-0.15, -0.1) is 0 Å². The van der Waals surface area contributed by atoms with E-state index in [-0.39, 0.29) is 57.1 Å². The van der Waals surface area contributed by atoms with Crippen molar-refractivity contribution in [3.63, 3.8) is 0 Å². The standard InChI is InChI=1S/C30H44O4/c1-25(2)20-8-11-30(7)23(28(20,5)10-9-21(25)32)19(31)14-17-18-15-26(3)16-22(34-24(26)33)27(18,4)12-13-29(17,30)6/h14,18,20-23,32H,8-13,15-16H2,1-7H3/t18?,20?,21?,22?,23?,26-,27-,28+,29-,30-/m1/s1. The van der Waals surface area contributed by atoms with Gasteiger partial charge < -0.3 is 9.84 Å². The van der Waals surface area contributed by atoms with Crippen molar-refractivity contribution in [2.45, 2.75) is 112 Å². The van der Waals surface area contributed by atoms with Crippen LogP contribution in [-0.4, -0.2) is 29.1 Å². The number of aliphatic hydroxyl groups is 1. The molecule has 10 atom stereocenters. The molecule has 1 heterocycles. The molecule has 5 unspecified atom stereocenters. The van der Waals surface area contributed by atoms with Gasteiger partial charge in [-0.25, -0.2) is 0 Å². The molecule has 5 fully saturated rings. The van der Waals surface area contributed by atoms with Crippen molar-refractivity contribution in [1.82, 2.24) is 0 Å². The zero-order valence-corrected chi connectivity index (χ0v) is 22.3. The Hall–Kier alpha value is -1.16. The summed E-state index contributed by atoms with van der Waals surface area (Å²) in [6.45, 7) is 16.1. The van der Waals surface area contributed by atoms with Crippen LogP contribution in [0.3, 0.4) is 0 Å². The first-order chi connectivity index (χ1) is 15.6. The maximum Gasteiger partial charge on any atom is 0.312 e. The third-order valence-corrected chi connectivity index (χ3v) is 13.3. The number of fused-ring (bicyclic) bond motifs is 10. The fraction of sp³-hybridized carbons (Fsp3) is 0.867. The average Bonchev–Trinajstić information content (AvgIpc) is 3.00. The molecule has 0 aromatic carbocycles. The molecule has 2 bridgehead atoms. The molecule has 0 radical (unpaired) electrons. The van der Waals surface area contributed by atoms with Crippen LogP contribution < -0.4 is 0 Å². The second kappa shape index (κ2) is 6.39. The first-order valence-electron chi connectivity index (χ1n) is 13.8. The summed E-state index contributed by atoms with van der Waals surface area (Å²) in [7, 11) is 0. The fourth-order valence-corrected chi connectivity index (χ4v) is 10.9. The first-order valence-corrected chi connectivity index (χ1v) is 13.8. The molecule has 1 aliphatic heterocycles. The predicted octanol–water partition coefficient (Wildman–Crippen LogP) is 5.86. The average molecular weight is 469 g/mol. The normalized spacial score (nSPS) is 57.5. The van der Waals surface area contributed by atoms with Crippen molar-refractivity contribution in [2.75, 3.05) is 0 Å². The lowest BCUT2D eigenvalue weighted by Gasteiger charge is -2.70. The van der Waals surface area contributed by atoms with E-state index in [9.17, 15) is 14.7 Å². The molecule has 6 aliphatic rings. The van der Waals surface area contributed by atoms with Crippen molar-refractivity contribution in [3.05, 3.63) is 11.6 Å². The van der Waals surface area contributed by atoms with E-state index in [1.54, 1.807) is 0 Å². The Bertz CT molecular complexity index is 1010. The number of hydrogen-bond acceptors (Lipinski definition) is 4. The molecule has 5 aliphatic carbocycles. The van der Waals surface area contributed by atoms with Crippen LogP contribution in [0.25, 0.3) is 0 Å². The summed E-state index contributed by atoms with van der Waals surface area (Å²) >= 11 is 0. The van der Waals surface area contributed by atoms with Crippen LogP contribution in [0, 0.1) is 50.2 Å². The van der Waals surface area contributed by atoms with Gasteiger partial charge in [-0.3, -0.25) is 9.59 Å². The quantitative estimate of drug-likeness (QED) is 0.452. The minimum absolute atomic E-state index is 0.00240. The zero-order chi connectivity index (χ0) is 24.7. The van der Waals surface area contributed by atoms with Gasteiger partial charge in [0.1, 0.15) is 6.10 Å². The highest BCUT2D eigenvalue weighted by Gasteiger charge is 2.72. The SMILES string of the molecule is CC1(C)C(O)CC[C@@]2(C)C1CC[C@]1(C)C2C(=O)C=C2C3C[C@]4(C)CC(OC4=O)[C@]3(C)CC[C@]21C. The van der Waals surface area contributed by atoms with Gasteiger partial charge in [-0.2, -0.15) is 0 Å². The van der Waals surface area contributed by atoms with Gasteiger partial charge in [0.2, 0.25) is 0 Å². The summed E-state index contributed by atoms with van der Waals surface area (Å²) in [5.74, 6) is 0.871. The number of hydrogen-bond donors (Lipinski definition) is 1. The van der Waals surface area contributed by atoms with Crippen molar-refractivity contribution in [1.29, 1.82) is 0 Å². The lowest BCUT2D eigenvalue weighted by atomic mass is 9.33. The van der Waals surface area contributed by atoms with Crippen molar-refractivity contribution >= 4 is 11.8 Å². The fourth-order valence-electron chi connectivity index (χ4n) is 10.9. The topological polar surface area (TPSA) is 63.6 Å². The van der Waals surface area contributed by atoms with Gasteiger partial charge in [-0.1, -0.05) is 47.1 Å². The summed E-state index contributed by atoms with van der Waals surface area (Å²) in [6.07, 6.45) is 9.33. The third-order valence-electron chi connectivity index (χ3n) is 13.3. The summed E-state index contributed by atoms with van der Waals surface area (Å²) in [6, 6.07) is 0. The maximum atomic E-state index is 14.2. The van der Waals surface area contributed by atoms with E-state index < -0.39 is 5.41 Å². The van der Waals surface area contributed by atoms with E-state index in [1.807, 2.05) is 0 Å². The first kappa shape index (κ1) is 23.3. The molecule has 0 amide bonds. The van der Waals surface area contributed by atoms with Gasteiger partial charge in [-0.05, 0) is 91.4 Å². The Morgan fingerprint density at radius 3 is 2.29 bits per heavy atom. The molecular weight excluding hydrogens is 424 g/mol. The summed E-state index contributed by atoms with van der Waals surface area (Å²) in [5.41, 5.74) is 0.452. The van der Waals surface area contributed by atoms with Crippen molar-refractivity contribution in [3.8, 4) is 0 Å². The smallest absolute Gasteiger partial charge is 0.312 e. The molecule has 4 nitrogen and oxygen atoms in total. The Morgan fingerprint density at radius 2 is 1.59 bits per heavy atom. The van der Waals surface area contributed by atoms with Crippen LogP contribution in [-0.2, 0) is 14.3 Å². The number of ketones is 1. The number of carbonyl (C=O) groups is 2. The molecule has 188 valence electrons. The highest BCUT2D eigenvalue weighted by molar-refractivity contribution is 5.95. The largest absolute Gasteiger partial charge is 0.461 e. The number of carbonyl (C=O) groups excluding carboxylic acids is 2. The summed E-state index contributed by atoms with van der Waals surface area (Å²) < 4.78 is 5.98. The van der Waals surface area contributed by atoms with E-state index in [4.69, 9.17) is 4.74 Å². The van der Waals surface area contributed by atoms with Gasteiger partial charge in [0.25, 0.3) is 0 Å². The van der Waals surface area contributed by atoms with E-state index in [0.29, 0.717) is 11.7 Å². The minimum atomic E-state index is -0.415. The molecular formula is C30H44O4. The Morgan fingerprint density at radius 1 is 0.882 bits per heavy atom. The zero-order valence-electron chi connectivity index (χ0n) is 22.3. The Labute approximate surface area is 205 Å². The monoisotopic (exact) mass is 468 g/mol. The van der Waals surface area contributed by atoms with E-state index in [0.717, 1.165) is 51.4 Å². The molecule has 1 N–H and O–H groups in total. The number of aliphatic hydroxyl groups excluding tert-OH is 1. The highest BCUT2D eigenvalue weighted by Crippen LogP contribution is 2.75. The maximum absolute atomic E-state index is 14.2. The van der Waals surface area contributed by atoms with E-state index in [2.05, 4.69) is 54.5 Å². The number of esters is 1. The van der Waals surface area contributed by atoms with Crippen molar-refractivity contribution < 1.29 is 19.4 Å². The van der Waals surface area contributed by atoms with Crippen LogP contribution in [0.1, 0.15) is 99.8 Å². The van der Waals surface area contributed by atoms with Gasteiger partial charge >= 0.3 is 5.97 Å². The molecule has 34 heavy (non-hydrogen) atoms. The van der Waals surface area contributed by atoms with Crippen LogP contribution in [0.2, 0.25) is 0 Å². The molecule has 4 saturated carbocycles. The Kier molecular flexibility index (Phi) is 4.37. The number of ether oxygens (including phenoxy) is 1. The minimum Gasteiger partial charge on any atom is -0.461 e. The molecule has 1 saturated heterocycles. The third kappa shape index (κ3) is 2.41. The number of rotatable bonds is 0. The molecule has 4 heteroatoms. The summed E-state index contributed by atoms with van der Waals surface area (Å²) in [5, 5.41) is 10.9. The second-order valence-electron chi connectivity index (χ2n) is 15.1. The molecule has 0 aromatic heterocycles. The molecule has 6 rings (SSSR count). The van der Waals surface area contributed by atoms with Crippen LogP contribution in [0.15, 0.2) is 11.6 Å². The van der Waals surface area contributed by atoms with Gasteiger partial charge in [0.15, 0.2) is 5.78 Å². The Balaban J connectivity index is 1.48. The van der Waals surface area contributed by atoms with Crippen LogP contribution in [0.4, 0.5) is 0 Å². The number of allylic oxidation sites excluding steroid dienone is 2. The van der Waals surface area contributed by atoms with Crippen molar-refractivity contribution in [2.24, 2.45) is 50.2 Å². The predicted molar refractivity (Wildman–Crippen MR) is 131 cm³/mol. The molecule has 0 aromatic rings.